The third-order valence-corrected chi connectivity index (χ3v) is 5.68. The van der Waals surface area contributed by atoms with E-state index in [0.717, 1.165) is 31.6 Å². The Balaban J connectivity index is 1.89. The fourth-order valence-electron chi connectivity index (χ4n) is 3.89. The fourth-order valence-corrected chi connectivity index (χ4v) is 3.89. The van der Waals surface area contributed by atoms with Crippen molar-refractivity contribution < 1.29 is 9.59 Å². The molecule has 1 aromatic rings. The molecule has 138 valence electrons. The van der Waals surface area contributed by atoms with E-state index in [-0.39, 0.29) is 29.8 Å². The van der Waals surface area contributed by atoms with E-state index in [0.29, 0.717) is 18.8 Å². The topological polar surface area (TPSA) is 58.4 Å². The Morgan fingerprint density at radius 3 is 2.68 bits per heavy atom. The summed E-state index contributed by atoms with van der Waals surface area (Å²) in [6.45, 7) is 5.07. The van der Waals surface area contributed by atoms with Crippen molar-refractivity contribution in [2.75, 3.05) is 13.6 Å². The summed E-state index contributed by atoms with van der Waals surface area (Å²) in [5.74, 6) is 1.42. The molecule has 2 fully saturated rings. The zero-order chi connectivity index (χ0) is 18.1. The maximum atomic E-state index is 13.2. The SMILES string of the molecule is CCC(C)CN(C)C(=O)[C@@H]1CCC(=O)N(C2CC2)[C@H]1c1nccn1C. The second-order valence-corrected chi connectivity index (χ2v) is 7.75. The number of aryl methyl sites for hydroxylation is 1. The molecule has 3 rings (SSSR count). The molecule has 0 aromatic carbocycles. The Kier molecular flexibility index (Phi) is 5.16. The van der Waals surface area contributed by atoms with Gasteiger partial charge in [0.15, 0.2) is 0 Å². The van der Waals surface area contributed by atoms with E-state index in [1.807, 2.05) is 34.7 Å². The van der Waals surface area contributed by atoms with Crippen molar-refractivity contribution in [2.45, 2.75) is 58.0 Å². The third kappa shape index (κ3) is 3.58. The first kappa shape index (κ1) is 18.0. The Labute approximate surface area is 150 Å². The average Bonchev–Trinajstić information content (AvgIpc) is 3.34. The monoisotopic (exact) mass is 346 g/mol. The molecule has 0 N–H and O–H groups in total. The first-order valence-electron chi connectivity index (χ1n) is 9.47. The lowest BCUT2D eigenvalue weighted by atomic mass is 9.86. The molecule has 1 saturated carbocycles. The van der Waals surface area contributed by atoms with Crippen molar-refractivity contribution in [3.8, 4) is 0 Å². The van der Waals surface area contributed by atoms with Crippen LogP contribution in [0.4, 0.5) is 0 Å². The summed E-state index contributed by atoms with van der Waals surface area (Å²) in [7, 11) is 3.83. The third-order valence-electron chi connectivity index (χ3n) is 5.68. The zero-order valence-corrected chi connectivity index (χ0v) is 15.8. The number of carbonyl (C=O) groups is 2. The first-order valence-corrected chi connectivity index (χ1v) is 9.47. The van der Waals surface area contributed by atoms with Crippen LogP contribution in [-0.4, -0.2) is 50.8 Å². The Hall–Kier alpha value is -1.85. The van der Waals surface area contributed by atoms with E-state index >= 15 is 0 Å². The molecule has 0 bridgehead atoms. The number of likely N-dealkylation sites (tertiary alicyclic amines) is 1. The molecule has 2 aliphatic rings. The van der Waals surface area contributed by atoms with Crippen molar-refractivity contribution in [3.63, 3.8) is 0 Å². The second-order valence-electron chi connectivity index (χ2n) is 7.75. The summed E-state index contributed by atoms with van der Waals surface area (Å²) in [5, 5.41) is 0. The van der Waals surface area contributed by atoms with Crippen LogP contribution in [0.5, 0.6) is 0 Å². The number of nitrogens with zero attached hydrogens (tertiary/aromatic N) is 4. The molecule has 2 heterocycles. The average molecular weight is 346 g/mol. The van der Waals surface area contributed by atoms with Gasteiger partial charge in [-0.2, -0.15) is 0 Å². The molecule has 1 aliphatic carbocycles. The van der Waals surface area contributed by atoms with E-state index in [4.69, 9.17) is 0 Å². The molecule has 2 amide bonds. The minimum absolute atomic E-state index is 0.145. The van der Waals surface area contributed by atoms with Crippen LogP contribution >= 0.6 is 0 Å². The fraction of sp³-hybridized carbons (Fsp3) is 0.737. The molecule has 1 aromatic heterocycles. The van der Waals surface area contributed by atoms with Crippen LogP contribution in [0.3, 0.4) is 0 Å². The lowest BCUT2D eigenvalue weighted by Gasteiger charge is -2.41. The van der Waals surface area contributed by atoms with E-state index in [2.05, 4.69) is 18.8 Å². The Morgan fingerprint density at radius 1 is 1.40 bits per heavy atom. The lowest BCUT2D eigenvalue weighted by Crippen LogP contribution is -2.50. The van der Waals surface area contributed by atoms with Crippen LogP contribution < -0.4 is 0 Å². The van der Waals surface area contributed by atoms with Crippen LogP contribution in [-0.2, 0) is 16.6 Å². The summed E-state index contributed by atoms with van der Waals surface area (Å²) >= 11 is 0. The van der Waals surface area contributed by atoms with Gasteiger partial charge in [-0.1, -0.05) is 20.3 Å². The minimum Gasteiger partial charge on any atom is -0.345 e. The standard InChI is InChI=1S/C19H30N4O2/c1-5-13(2)12-22(4)19(25)15-8-9-16(24)23(14-6-7-14)17(15)18-20-10-11-21(18)3/h10-11,13-15,17H,5-9,12H2,1-4H3/t13?,15-,17-/m1/s1. The van der Waals surface area contributed by atoms with Gasteiger partial charge in [-0.15, -0.1) is 0 Å². The lowest BCUT2D eigenvalue weighted by molar-refractivity contribution is -0.148. The summed E-state index contributed by atoms with van der Waals surface area (Å²) in [6.07, 6.45) is 7.85. The van der Waals surface area contributed by atoms with E-state index in [1.165, 1.54) is 0 Å². The van der Waals surface area contributed by atoms with Crippen molar-refractivity contribution >= 4 is 11.8 Å². The van der Waals surface area contributed by atoms with Gasteiger partial charge in [0.1, 0.15) is 11.9 Å². The molecule has 3 atom stereocenters. The van der Waals surface area contributed by atoms with Gasteiger partial charge in [0.2, 0.25) is 11.8 Å². The number of amides is 2. The highest BCUT2D eigenvalue weighted by molar-refractivity contribution is 5.85. The van der Waals surface area contributed by atoms with Gasteiger partial charge in [-0.25, -0.2) is 4.98 Å². The smallest absolute Gasteiger partial charge is 0.228 e. The predicted octanol–water partition coefficient (Wildman–Crippen LogP) is 2.37. The van der Waals surface area contributed by atoms with Gasteiger partial charge >= 0.3 is 0 Å². The number of rotatable bonds is 6. The van der Waals surface area contributed by atoms with E-state index in [1.54, 1.807) is 6.20 Å². The molecule has 1 saturated heterocycles. The normalized spacial score (nSPS) is 25.1. The Morgan fingerprint density at radius 2 is 2.12 bits per heavy atom. The van der Waals surface area contributed by atoms with Gasteiger partial charge in [0, 0.05) is 45.5 Å². The highest BCUT2D eigenvalue weighted by atomic mass is 16.2. The molecule has 0 radical (unpaired) electrons. The van der Waals surface area contributed by atoms with Gasteiger partial charge in [0.25, 0.3) is 0 Å². The molecule has 0 spiro atoms. The summed E-state index contributed by atoms with van der Waals surface area (Å²) in [4.78, 5) is 34.2. The van der Waals surface area contributed by atoms with Crippen LogP contribution in [0.1, 0.15) is 57.8 Å². The van der Waals surface area contributed by atoms with Crippen molar-refractivity contribution in [1.29, 1.82) is 0 Å². The second kappa shape index (κ2) is 7.18. The van der Waals surface area contributed by atoms with Crippen LogP contribution in [0, 0.1) is 11.8 Å². The van der Waals surface area contributed by atoms with E-state index in [9.17, 15) is 9.59 Å². The molecule has 1 aliphatic heterocycles. The van der Waals surface area contributed by atoms with Gasteiger partial charge in [-0.3, -0.25) is 9.59 Å². The molecule has 25 heavy (non-hydrogen) atoms. The number of aromatic nitrogens is 2. The molecular formula is C19H30N4O2. The number of hydrogen-bond donors (Lipinski definition) is 0. The van der Waals surface area contributed by atoms with Gasteiger partial charge in [-0.05, 0) is 25.2 Å². The maximum absolute atomic E-state index is 13.2. The van der Waals surface area contributed by atoms with Crippen molar-refractivity contribution in [3.05, 3.63) is 18.2 Å². The molecule has 1 unspecified atom stereocenters. The summed E-state index contributed by atoms with van der Waals surface area (Å²) in [6, 6.07) is 0.0466. The Bertz CT molecular complexity index is 637. The van der Waals surface area contributed by atoms with Gasteiger partial charge < -0.3 is 14.4 Å². The predicted molar refractivity (Wildman–Crippen MR) is 95.6 cm³/mol. The largest absolute Gasteiger partial charge is 0.345 e. The van der Waals surface area contributed by atoms with Crippen LogP contribution in [0.2, 0.25) is 0 Å². The minimum atomic E-state index is -0.236. The molecule has 6 heteroatoms. The molecule has 6 nitrogen and oxygen atoms in total. The van der Waals surface area contributed by atoms with Crippen LogP contribution in [0.25, 0.3) is 0 Å². The highest BCUT2D eigenvalue weighted by Gasteiger charge is 2.48. The quantitative estimate of drug-likeness (QED) is 0.794. The number of hydrogen-bond acceptors (Lipinski definition) is 3. The van der Waals surface area contributed by atoms with Crippen molar-refractivity contribution in [2.24, 2.45) is 18.9 Å². The summed E-state index contributed by atoms with van der Waals surface area (Å²) in [5.41, 5.74) is 0. The van der Waals surface area contributed by atoms with Gasteiger partial charge in [0.05, 0.1) is 5.92 Å². The number of imidazole rings is 1. The van der Waals surface area contributed by atoms with E-state index < -0.39 is 0 Å². The summed E-state index contributed by atoms with van der Waals surface area (Å²) < 4.78 is 1.95. The highest BCUT2D eigenvalue weighted by Crippen LogP contribution is 2.43. The first-order chi connectivity index (χ1) is 11.9. The maximum Gasteiger partial charge on any atom is 0.228 e. The number of carbonyl (C=O) groups excluding carboxylic acids is 2. The zero-order valence-electron chi connectivity index (χ0n) is 15.8. The van der Waals surface area contributed by atoms with Crippen molar-refractivity contribution in [1.82, 2.24) is 19.4 Å². The molecular weight excluding hydrogens is 316 g/mol. The van der Waals surface area contributed by atoms with Crippen LogP contribution in [0.15, 0.2) is 12.4 Å². The number of piperidine rings is 1.